The van der Waals surface area contributed by atoms with Crippen molar-refractivity contribution < 1.29 is 23.1 Å². The van der Waals surface area contributed by atoms with E-state index >= 15 is 0 Å². The molecule has 206 valence electrons. The first-order valence-electron chi connectivity index (χ1n) is 13.3. The van der Waals surface area contributed by atoms with Gasteiger partial charge in [0.2, 0.25) is 0 Å². The Hall–Kier alpha value is -3.44. The molecule has 1 saturated heterocycles. The van der Waals surface area contributed by atoms with Crippen LogP contribution in [0.4, 0.5) is 13.2 Å². The maximum Gasteiger partial charge on any atom is 0.422 e. The molecule has 0 spiro atoms. The van der Waals surface area contributed by atoms with Crippen LogP contribution in [0.25, 0.3) is 27.9 Å². The molecule has 5 heterocycles. The molecule has 4 aromatic rings. The number of piperidine rings is 1. The Morgan fingerprint density at radius 1 is 1.18 bits per heavy atom. The van der Waals surface area contributed by atoms with Gasteiger partial charge in [-0.1, -0.05) is 0 Å². The van der Waals surface area contributed by atoms with E-state index in [2.05, 4.69) is 4.98 Å². The van der Waals surface area contributed by atoms with Crippen molar-refractivity contribution in [2.75, 3.05) is 13.1 Å². The van der Waals surface area contributed by atoms with Gasteiger partial charge in [0, 0.05) is 42.8 Å². The van der Waals surface area contributed by atoms with Crippen molar-refractivity contribution in [2.24, 2.45) is 11.7 Å². The molecule has 4 aromatic heterocycles. The number of aryl methyl sites for hydroxylation is 1. The number of alkyl halides is 3. The van der Waals surface area contributed by atoms with Crippen molar-refractivity contribution in [3.63, 3.8) is 0 Å². The molecule has 1 aliphatic heterocycles. The zero-order chi connectivity index (χ0) is 27.7. The van der Waals surface area contributed by atoms with Gasteiger partial charge in [-0.25, -0.2) is 9.50 Å². The van der Waals surface area contributed by atoms with Crippen molar-refractivity contribution in [3.05, 3.63) is 53.3 Å². The summed E-state index contributed by atoms with van der Waals surface area (Å²) >= 11 is 0. The molecule has 8 nitrogen and oxygen atoms in total. The van der Waals surface area contributed by atoms with Crippen molar-refractivity contribution in [1.29, 1.82) is 0 Å². The lowest BCUT2D eigenvalue weighted by molar-refractivity contribution is -0.260. The molecule has 0 bridgehead atoms. The molecular formula is C28H31F3N6O2. The Kier molecular flexibility index (Phi) is 5.99. The van der Waals surface area contributed by atoms with Gasteiger partial charge in [-0.3, -0.25) is 4.79 Å². The number of nitrogens with zero attached hydrogens (tertiary/aromatic N) is 5. The summed E-state index contributed by atoms with van der Waals surface area (Å²) in [4.78, 5) is 19.2. The monoisotopic (exact) mass is 540 g/mol. The molecule has 0 radical (unpaired) electrons. The molecule has 1 amide bonds. The van der Waals surface area contributed by atoms with Crippen LogP contribution in [0, 0.1) is 12.8 Å². The van der Waals surface area contributed by atoms with Gasteiger partial charge in [0.25, 0.3) is 5.91 Å². The molecule has 2 fully saturated rings. The fraction of sp³-hybridized carbons (Fsp3) is 0.464. The summed E-state index contributed by atoms with van der Waals surface area (Å²) in [5.74, 6) is 0.323. The predicted molar refractivity (Wildman–Crippen MR) is 140 cm³/mol. The number of halogens is 3. The Labute approximate surface area is 223 Å². The van der Waals surface area contributed by atoms with E-state index in [0.717, 1.165) is 49.4 Å². The van der Waals surface area contributed by atoms with Crippen LogP contribution < -0.4 is 5.73 Å². The summed E-state index contributed by atoms with van der Waals surface area (Å²) in [6, 6.07) is 8.31. The van der Waals surface area contributed by atoms with Gasteiger partial charge in [-0.2, -0.15) is 18.3 Å². The lowest BCUT2D eigenvalue weighted by Gasteiger charge is -2.30. The summed E-state index contributed by atoms with van der Waals surface area (Å²) in [6.45, 7) is 4.45. The maximum absolute atomic E-state index is 13.6. The third-order valence-corrected chi connectivity index (χ3v) is 8.04. The van der Waals surface area contributed by atoms with Gasteiger partial charge in [0.1, 0.15) is 11.3 Å². The van der Waals surface area contributed by atoms with Crippen LogP contribution in [0.3, 0.4) is 0 Å². The number of hydrogen-bond donors (Lipinski definition) is 2. The van der Waals surface area contributed by atoms with Crippen LogP contribution in [0.1, 0.15) is 54.2 Å². The molecule has 2 unspecified atom stereocenters. The minimum absolute atomic E-state index is 0.0210. The van der Waals surface area contributed by atoms with Crippen LogP contribution >= 0.6 is 0 Å². The molecule has 3 N–H and O–H groups in total. The van der Waals surface area contributed by atoms with E-state index < -0.39 is 17.5 Å². The molecule has 39 heavy (non-hydrogen) atoms. The molecule has 2 aliphatic rings. The molecule has 2 atom stereocenters. The van der Waals surface area contributed by atoms with Crippen molar-refractivity contribution in [3.8, 4) is 11.4 Å². The Balaban J connectivity index is 1.43. The molecule has 6 rings (SSSR count). The minimum atomic E-state index is -4.86. The fourth-order valence-corrected chi connectivity index (χ4v) is 5.40. The fourth-order valence-electron chi connectivity index (χ4n) is 5.40. The van der Waals surface area contributed by atoms with E-state index in [1.54, 1.807) is 27.7 Å². The van der Waals surface area contributed by atoms with E-state index in [1.807, 2.05) is 23.6 Å². The number of carbonyl (C=O) groups is 1. The van der Waals surface area contributed by atoms with Gasteiger partial charge >= 0.3 is 6.18 Å². The van der Waals surface area contributed by atoms with E-state index in [9.17, 15) is 23.1 Å². The number of aromatic nitrogens is 4. The standard InChI is InChI=1S/C28H31F3N6O2/c1-16-21-9-7-19(26(38)35-11-3-4-20(32)15-35)14-37(21)34-24(16)22-12-18-8-10-23(27(2,39)28(29,30)31)33-25(18)36(22)13-17-5-6-17/h7-10,12,14,17,20,39H,3-6,11,13,15,32H2,1-2H3. The van der Waals surface area contributed by atoms with Crippen LogP contribution in [0.5, 0.6) is 0 Å². The van der Waals surface area contributed by atoms with Crippen molar-refractivity contribution in [1.82, 2.24) is 24.1 Å². The Morgan fingerprint density at radius 2 is 1.95 bits per heavy atom. The van der Waals surface area contributed by atoms with Crippen LogP contribution in [-0.4, -0.2) is 60.4 Å². The average Bonchev–Trinajstić information content (AvgIpc) is 3.56. The van der Waals surface area contributed by atoms with Gasteiger partial charge < -0.3 is 20.3 Å². The number of hydrogen-bond acceptors (Lipinski definition) is 5. The number of fused-ring (bicyclic) bond motifs is 2. The van der Waals surface area contributed by atoms with Crippen molar-refractivity contribution >= 4 is 22.5 Å². The highest BCUT2D eigenvalue weighted by Crippen LogP contribution is 2.40. The zero-order valence-electron chi connectivity index (χ0n) is 21.9. The van der Waals surface area contributed by atoms with Gasteiger partial charge in [0.05, 0.1) is 22.5 Å². The number of rotatable bonds is 5. The van der Waals surface area contributed by atoms with Gasteiger partial charge in [-0.05, 0) is 75.8 Å². The quantitative estimate of drug-likeness (QED) is 0.391. The smallest absolute Gasteiger partial charge is 0.375 e. The van der Waals surface area contributed by atoms with E-state index in [4.69, 9.17) is 10.8 Å². The van der Waals surface area contributed by atoms with Gasteiger partial charge in [0.15, 0.2) is 5.60 Å². The minimum Gasteiger partial charge on any atom is -0.375 e. The number of likely N-dealkylation sites (tertiary alicyclic amines) is 1. The molecular weight excluding hydrogens is 509 g/mol. The lowest BCUT2D eigenvalue weighted by atomic mass is 10.0. The first-order valence-corrected chi connectivity index (χ1v) is 13.3. The topological polar surface area (TPSA) is 102 Å². The summed E-state index contributed by atoms with van der Waals surface area (Å²) in [5, 5.41) is 15.7. The predicted octanol–water partition coefficient (Wildman–Crippen LogP) is 4.40. The average molecular weight is 541 g/mol. The number of carbonyl (C=O) groups excluding carboxylic acids is 1. The first kappa shape index (κ1) is 25.8. The summed E-state index contributed by atoms with van der Waals surface area (Å²) in [7, 11) is 0. The van der Waals surface area contributed by atoms with Crippen LogP contribution in [0.2, 0.25) is 0 Å². The first-order chi connectivity index (χ1) is 18.4. The molecule has 1 saturated carbocycles. The van der Waals surface area contributed by atoms with Crippen LogP contribution in [0.15, 0.2) is 36.5 Å². The summed E-state index contributed by atoms with van der Waals surface area (Å²) in [6.07, 6.45) is 0.711. The SMILES string of the molecule is Cc1c(-c2cc3ccc(C(C)(O)C(F)(F)F)nc3n2CC2CC2)nn2cc(C(=O)N3CCCC(N)C3)ccc12. The van der Waals surface area contributed by atoms with Crippen molar-refractivity contribution in [2.45, 2.75) is 63.9 Å². The third kappa shape index (κ3) is 4.47. The van der Waals surface area contributed by atoms with Crippen LogP contribution in [-0.2, 0) is 12.1 Å². The number of pyridine rings is 2. The third-order valence-electron chi connectivity index (χ3n) is 8.04. The number of amides is 1. The number of aliphatic hydroxyl groups is 1. The number of nitrogens with two attached hydrogens (primary N) is 1. The molecule has 0 aromatic carbocycles. The largest absolute Gasteiger partial charge is 0.422 e. The molecule has 1 aliphatic carbocycles. The Morgan fingerprint density at radius 3 is 2.64 bits per heavy atom. The van der Waals surface area contributed by atoms with Gasteiger partial charge in [-0.15, -0.1) is 0 Å². The highest BCUT2D eigenvalue weighted by atomic mass is 19.4. The maximum atomic E-state index is 13.6. The van der Waals surface area contributed by atoms with E-state index in [1.165, 1.54) is 6.07 Å². The normalized spacial score (nSPS) is 20.1. The molecule has 11 heteroatoms. The second kappa shape index (κ2) is 9.06. The highest BCUT2D eigenvalue weighted by molar-refractivity contribution is 5.94. The van der Waals surface area contributed by atoms with E-state index in [-0.39, 0.29) is 11.9 Å². The second-order valence-electron chi connectivity index (χ2n) is 11.1. The summed E-state index contributed by atoms with van der Waals surface area (Å²) in [5.41, 5.74) is 6.57. The zero-order valence-corrected chi connectivity index (χ0v) is 21.9. The van der Waals surface area contributed by atoms with E-state index in [0.29, 0.717) is 47.8 Å². The highest BCUT2D eigenvalue weighted by Gasteiger charge is 2.52. The summed E-state index contributed by atoms with van der Waals surface area (Å²) < 4.78 is 44.3. The second-order valence-corrected chi connectivity index (χ2v) is 11.1. The Bertz CT molecular complexity index is 1580. The lowest BCUT2D eigenvalue weighted by Crippen LogP contribution is -2.45.